The topological polar surface area (TPSA) is 81.0 Å². The van der Waals surface area contributed by atoms with Gasteiger partial charge >= 0.3 is 5.97 Å². The predicted molar refractivity (Wildman–Crippen MR) is 116 cm³/mol. The van der Waals surface area contributed by atoms with E-state index >= 15 is 0 Å². The second-order valence-electron chi connectivity index (χ2n) is 6.59. The van der Waals surface area contributed by atoms with Gasteiger partial charge < -0.3 is 14.7 Å². The van der Waals surface area contributed by atoms with Crippen LogP contribution in [0.4, 0.5) is 0 Å². The number of hydrogen-bond acceptors (Lipinski definition) is 5. The summed E-state index contributed by atoms with van der Waals surface area (Å²) in [5.41, 5.74) is 4.40. The Labute approximate surface area is 175 Å². The molecular weight excluding hydrogens is 380 g/mol. The molecule has 6 nitrogen and oxygen atoms in total. The molecule has 0 saturated carbocycles. The monoisotopic (exact) mass is 404 g/mol. The first kappa shape index (κ1) is 21.0. The van der Waals surface area contributed by atoms with Crippen LogP contribution < -0.4 is 4.74 Å². The molecule has 1 heterocycles. The zero-order valence-corrected chi connectivity index (χ0v) is 16.8. The first-order valence-corrected chi connectivity index (χ1v) is 9.80. The van der Waals surface area contributed by atoms with E-state index in [1.807, 2.05) is 49.4 Å². The van der Waals surface area contributed by atoms with Gasteiger partial charge in [-0.25, -0.2) is 0 Å². The second-order valence-corrected chi connectivity index (χ2v) is 6.59. The van der Waals surface area contributed by atoms with Crippen molar-refractivity contribution < 1.29 is 19.5 Å². The van der Waals surface area contributed by atoms with Crippen LogP contribution in [0.5, 0.6) is 5.75 Å². The van der Waals surface area contributed by atoms with E-state index in [2.05, 4.69) is 10.1 Å². The number of aromatic nitrogens is 1. The van der Waals surface area contributed by atoms with Gasteiger partial charge in [0, 0.05) is 17.3 Å². The number of ether oxygens (including phenoxy) is 1. The lowest BCUT2D eigenvalue weighted by molar-refractivity contribution is -0.136. The molecule has 0 atom stereocenters. The number of rotatable bonds is 10. The molecule has 0 saturated heterocycles. The van der Waals surface area contributed by atoms with Gasteiger partial charge in [0.05, 0.1) is 17.8 Å². The summed E-state index contributed by atoms with van der Waals surface area (Å²) in [6, 6.07) is 21.0. The third-order valence-corrected chi connectivity index (χ3v) is 4.37. The number of aliphatic carboxylic acids is 1. The average molecular weight is 404 g/mol. The smallest absolute Gasteiger partial charge is 0.307 e. The molecule has 0 fully saturated rings. The molecule has 30 heavy (non-hydrogen) atoms. The average Bonchev–Trinajstić information content (AvgIpc) is 2.77. The van der Waals surface area contributed by atoms with Gasteiger partial charge in [-0.2, -0.15) is 0 Å². The van der Waals surface area contributed by atoms with Crippen molar-refractivity contribution in [3.63, 3.8) is 0 Å². The molecular formula is C24H24N2O4. The summed E-state index contributed by atoms with van der Waals surface area (Å²) in [4.78, 5) is 20.7. The van der Waals surface area contributed by atoms with Crippen molar-refractivity contribution in [3.8, 4) is 17.0 Å². The fourth-order valence-electron chi connectivity index (χ4n) is 2.91. The van der Waals surface area contributed by atoms with E-state index in [9.17, 15) is 4.79 Å². The molecule has 0 aliphatic heterocycles. The minimum absolute atomic E-state index is 0.0328. The fourth-order valence-corrected chi connectivity index (χ4v) is 2.91. The Morgan fingerprint density at radius 1 is 1.03 bits per heavy atom. The minimum Gasteiger partial charge on any atom is -0.490 e. The zero-order valence-electron chi connectivity index (χ0n) is 16.8. The van der Waals surface area contributed by atoms with E-state index in [1.54, 1.807) is 30.5 Å². The largest absolute Gasteiger partial charge is 0.490 e. The molecule has 0 aliphatic rings. The van der Waals surface area contributed by atoms with Gasteiger partial charge in [-0.15, -0.1) is 0 Å². The Hall–Kier alpha value is -3.67. The van der Waals surface area contributed by atoms with E-state index < -0.39 is 5.97 Å². The van der Waals surface area contributed by atoms with Crippen molar-refractivity contribution in [2.24, 2.45) is 5.16 Å². The summed E-state index contributed by atoms with van der Waals surface area (Å²) in [6.45, 7) is 2.60. The number of benzene rings is 2. The van der Waals surface area contributed by atoms with E-state index in [1.165, 1.54) is 0 Å². The Morgan fingerprint density at radius 3 is 2.57 bits per heavy atom. The number of oxime groups is 1. The highest BCUT2D eigenvalue weighted by Gasteiger charge is 2.05. The summed E-state index contributed by atoms with van der Waals surface area (Å²) in [5.74, 6) is -0.263. The van der Waals surface area contributed by atoms with Gasteiger partial charge in [0.25, 0.3) is 0 Å². The van der Waals surface area contributed by atoms with Gasteiger partial charge in [-0.3, -0.25) is 9.78 Å². The van der Waals surface area contributed by atoms with E-state index in [-0.39, 0.29) is 13.0 Å². The number of hydrogen-bond donors (Lipinski definition) is 1. The Bertz CT molecular complexity index is 986. The standard InChI is InChI=1S/C24H24N2O4/c1-2-22(20-11-12-23(25-17-20)19-8-4-3-5-9-19)26-30-14-13-29-21-10-6-7-18(15-21)16-24(27)28/h3-12,15,17H,2,13-14,16H2,1H3,(H,27,28)/b26-22+. The molecule has 1 aromatic heterocycles. The summed E-state index contributed by atoms with van der Waals surface area (Å²) >= 11 is 0. The molecule has 154 valence electrons. The molecule has 3 rings (SSSR count). The second kappa shape index (κ2) is 10.8. The summed E-state index contributed by atoms with van der Waals surface area (Å²) in [5, 5.41) is 13.1. The lowest BCUT2D eigenvalue weighted by Gasteiger charge is -2.08. The van der Waals surface area contributed by atoms with Crippen molar-refractivity contribution in [1.82, 2.24) is 4.98 Å². The molecule has 1 N–H and O–H groups in total. The van der Waals surface area contributed by atoms with Crippen LogP contribution in [0.25, 0.3) is 11.3 Å². The van der Waals surface area contributed by atoms with E-state index in [4.69, 9.17) is 14.7 Å². The molecule has 6 heteroatoms. The molecule has 0 spiro atoms. The Morgan fingerprint density at radius 2 is 1.87 bits per heavy atom. The molecule has 0 aliphatic carbocycles. The zero-order chi connectivity index (χ0) is 21.2. The maximum Gasteiger partial charge on any atom is 0.307 e. The van der Waals surface area contributed by atoms with Gasteiger partial charge in [0.1, 0.15) is 12.4 Å². The van der Waals surface area contributed by atoms with Crippen LogP contribution in [0, 0.1) is 0 Å². The van der Waals surface area contributed by atoms with Crippen molar-refractivity contribution in [3.05, 3.63) is 84.1 Å². The van der Waals surface area contributed by atoms with Crippen LogP contribution in [0.15, 0.2) is 78.1 Å². The maximum atomic E-state index is 10.8. The molecule has 2 aromatic carbocycles. The van der Waals surface area contributed by atoms with Crippen molar-refractivity contribution >= 4 is 11.7 Å². The van der Waals surface area contributed by atoms with Gasteiger partial charge in [0.2, 0.25) is 0 Å². The minimum atomic E-state index is -0.872. The highest BCUT2D eigenvalue weighted by atomic mass is 16.6. The van der Waals surface area contributed by atoms with Crippen LogP contribution in [0.2, 0.25) is 0 Å². The van der Waals surface area contributed by atoms with Crippen LogP contribution in [0.3, 0.4) is 0 Å². The van der Waals surface area contributed by atoms with Crippen molar-refractivity contribution in [2.45, 2.75) is 19.8 Å². The van der Waals surface area contributed by atoms with Gasteiger partial charge in [0.15, 0.2) is 6.61 Å². The third-order valence-electron chi connectivity index (χ3n) is 4.37. The summed E-state index contributed by atoms with van der Waals surface area (Å²) in [7, 11) is 0. The third kappa shape index (κ3) is 6.17. The number of carboxylic acids is 1. The van der Waals surface area contributed by atoms with Crippen molar-refractivity contribution in [1.29, 1.82) is 0 Å². The molecule has 0 unspecified atom stereocenters. The quantitative estimate of drug-likeness (QED) is 0.304. The molecule has 0 radical (unpaired) electrons. The number of carbonyl (C=O) groups is 1. The van der Waals surface area contributed by atoms with Crippen LogP contribution in [-0.4, -0.2) is 35.0 Å². The number of carboxylic acid groups (broad SMARTS) is 1. The molecule has 0 bridgehead atoms. The molecule has 0 amide bonds. The lowest BCUT2D eigenvalue weighted by atomic mass is 10.1. The van der Waals surface area contributed by atoms with Crippen LogP contribution >= 0.6 is 0 Å². The normalized spacial score (nSPS) is 11.2. The first-order valence-electron chi connectivity index (χ1n) is 9.80. The maximum absolute atomic E-state index is 10.8. The van der Waals surface area contributed by atoms with Gasteiger partial charge in [-0.05, 0) is 36.2 Å². The van der Waals surface area contributed by atoms with E-state index in [0.29, 0.717) is 24.3 Å². The molecule has 3 aromatic rings. The van der Waals surface area contributed by atoms with Crippen LogP contribution in [0.1, 0.15) is 24.5 Å². The number of nitrogens with zero attached hydrogens (tertiary/aromatic N) is 2. The lowest BCUT2D eigenvalue weighted by Crippen LogP contribution is -2.07. The number of pyridine rings is 1. The SMILES string of the molecule is CC/C(=N\OCCOc1cccc(CC(=O)O)c1)c1ccc(-c2ccccc2)nc1. The van der Waals surface area contributed by atoms with Crippen molar-refractivity contribution in [2.75, 3.05) is 13.2 Å². The summed E-state index contributed by atoms with van der Waals surface area (Å²) in [6.07, 6.45) is 2.48. The highest BCUT2D eigenvalue weighted by Crippen LogP contribution is 2.17. The first-order chi connectivity index (χ1) is 14.7. The van der Waals surface area contributed by atoms with Gasteiger partial charge in [-0.1, -0.05) is 54.5 Å². The Balaban J connectivity index is 1.52. The Kier molecular flexibility index (Phi) is 7.55. The van der Waals surface area contributed by atoms with Crippen LogP contribution in [-0.2, 0) is 16.1 Å². The summed E-state index contributed by atoms with van der Waals surface area (Å²) < 4.78 is 5.61. The fraction of sp³-hybridized carbons (Fsp3) is 0.208. The predicted octanol–water partition coefficient (Wildman–Crippen LogP) is 4.59. The van der Waals surface area contributed by atoms with E-state index in [0.717, 1.165) is 22.5 Å². The highest BCUT2D eigenvalue weighted by molar-refractivity contribution is 5.99.